The second-order valence-electron chi connectivity index (χ2n) is 7.42. The molecule has 2 aliphatic heterocycles. The van der Waals surface area contributed by atoms with Crippen LogP contribution in [-0.2, 0) is 16.2 Å². The molecule has 0 atom stereocenters. The zero-order valence-electron chi connectivity index (χ0n) is 17.6. The van der Waals surface area contributed by atoms with Crippen LogP contribution < -0.4 is 24.4 Å². The number of anilines is 1. The van der Waals surface area contributed by atoms with Gasteiger partial charge in [0.15, 0.2) is 16.6 Å². The Labute approximate surface area is 199 Å². The van der Waals surface area contributed by atoms with Crippen molar-refractivity contribution < 1.29 is 28.2 Å². The Bertz CT molecular complexity index is 1360. The molecule has 0 aromatic heterocycles. The summed E-state index contributed by atoms with van der Waals surface area (Å²) in [5, 5.41) is 2.26. The molecule has 0 radical (unpaired) electrons. The van der Waals surface area contributed by atoms with Gasteiger partial charge in [0.2, 0.25) is 6.79 Å². The van der Waals surface area contributed by atoms with E-state index in [1.807, 2.05) is 12.1 Å². The van der Waals surface area contributed by atoms with E-state index in [2.05, 4.69) is 5.32 Å². The molecule has 5 rings (SSSR count). The van der Waals surface area contributed by atoms with Crippen LogP contribution in [0, 0.1) is 5.82 Å². The summed E-state index contributed by atoms with van der Waals surface area (Å²) >= 11 is 5.13. The molecule has 0 saturated carbocycles. The summed E-state index contributed by atoms with van der Waals surface area (Å²) in [6.45, 7) is 0.405. The van der Waals surface area contributed by atoms with Crippen LogP contribution in [0.4, 0.5) is 10.1 Å². The average Bonchev–Trinajstić information content (AvgIpc) is 3.30. The topological polar surface area (TPSA) is 77.1 Å². The Balaban J connectivity index is 1.42. The van der Waals surface area contributed by atoms with Crippen LogP contribution in [-0.4, -0.2) is 23.7 Å². The number of ether oxygens (including phenoxy) is 3. The standard InChI is InChI=1S/C25H17FN2O5S/c26-18-6-2-3-7-19(18)28-24(30)17(23(29)27-25(28)34)12-16-5-1-4-8-20(16)31-13-15-9-10-21-22(11-15)33-14-32-21/h1-12H,13-14H2,(H,27,29,34)/b17-12+. The van der Waals surface area contributed by atoms with Gasteiger partial charge in [-0.1, -0.05) is 36.4 Å². The fraction of sp³-hybridized carbons (Fsp3) is 0.0800. The summed E-state index contributed by atoms with van der Waals surface area (Å²) < 4.78 is 31.0. The molecule has 3 aromatic carbocycles. The number of halogens is 1. The predicted octanol–water partition coefficient (Wildman–Crippen LogP) is 3.96. The van der Waals surface area contributed by atoms with Gasteiger partial charge in [0.25, 0.3) is 11.8 Å². The van der Waals surface area contributed by atoms with Crippen LogP contribution in [0.2, 0.25) is 0 Å². The van der Waals surface area contributed by atoms with Crippen molar-refractivity contribution in [3.8, 4) is 17.2 Å². The number of fused-ring (bicyclic) bond motifs is 1. The molecule has 2 heterocycles. The molecule has 3 aromatic rings. The van der Waals surface area contributed by atoms with E-state index in [9.17, 15) is 14.0 Å². The van der Waals surface area contributed by atoms with Crippen molar-refractivity contribution in [2.45, 2.75) is 6.61 Å². The quantitative estimate of drug-likeness (QED) is 0.341. The zero-order chi connectivity index (χ0) is 23.7. The molecule has 0 spiro atoms. The maximum atomic E-state index is 14.4. The van der Waals surface area contributed by atoms with Crippen molar-refractivity contribution in [2.75, 3.05) is 11.7 Å². The second kappa shape index (κ2) is 8.95. The summed E-state index contributed by atoms with van der Waals surface area (Å²) in [6, 6.07) is 18.2. The monoisotopic (exact) mass is 476 g/mol. The van der Waals surface area contributed by atoms with Crippen molar-refractivity contribution in [2.24, 2.45) is 0 Å². The number of amides is 2. The summed E-state index contributed by atoms with van der Waals surface area (Å²) in [6.07, 6.45) is 1.41. The van der Waals surface area contributed by atoms with Gasteiger partial charge in [-0.05, 0) is 54.2 Å². The van der Waals surface area contributed by atoms with E-state index in [-0.39, 0.29) is 29.8 Å². The van der Waals surface area contributed by atoms with Crippen molar-refractivity contribution in [3.05, 3.63) is 89.2 Å². The minimum Gasteiger partial charge on any atom is -0.488 e. The van der Waals surface area contributed by atoms with Gasteiger partial charge in [0, 0.05) is 5.56 Å². The van der Waals surface area contributed by atoms with Crippen LogP contribution in [0.25, 0.3) is 6.08 Å². The SMILES string of the molecule is O=C1NC(=S)N(c2ccccc2F)C(=O)/C1=C/c1ccccc1OCc1ccc2c(c1)OCO2. The molecule has 7 nitrogen and oxygen atoms in total. The highest BCUT2D eigenvalue weighted by Crippen LogP contribution is 2.33. The Hall–Kier alpha value is -4.24. The molecule has 34 heavy (non-hydrogen) atoms. The smallest absolute Gasteiger partial charge is 0.270 e. The summed E-state index contributed by atoms with van der Waals surface area (Å²) in [5.74, 6) is -0.268. The van der Waals surface area contributed by atoms with Gasteiger partial charge in [-0.2, -0.15) is 0 Å². The number of para-hydroxylation sites is 2. The molecule has 2 amide bonds. The molecule has 170 valence electrons. The summed E-state index contributed by atoms with van der Waals surface area (Å²) in [4.78, 5) is 26.8. The Morgan fingerprint density at radius 1 is 1.03 bits per heavy atom. The lowest BCUT2D eigenvalue weighted by molar-refractivity contribution is -0.122. The minimum atomic E-state index is -0.732. The normalized spacial score (nSPS) is 16.1. The molecule has 2 aliphatic rings. The van der Waals surface area contributed by atoms with E-state index in [1.54, 1.807) is 36.4 Å². The third kappa shape index (κ3) is 4.08. The highest BCUT2D eigenvalue weighted by atomic mass is 32.1. The number of carbonyl (C=O) groups excluding carboxylic acids is 2. The zero-order valence-corrected chi connectivity index (χ0v) is 18.4. The number of hydrogen-bond donors (Lipinski definition) is 1. The molecule has 1 N–H and O–H groups in total. The molecule has 0 bridgehead atoms. The van der Waals surface area contributed by atoms with Crippen LogP contribution in [0.1, 0.15) is 11.1 Å². The van der Waals surface area contributed by atoms with Gasteiger partial charge >= 0.3 is 0 Å². The lowest BCUT2D eigenvalue weighted by Gasteiger charge is -2.29. The number of nitrogens with zero attached hydrogens (tertiary/aromatic N) is 1. The molecular formula is C25H17FN2O5S. The first-order valence-electron chi connectivity index (χ1n) is 10.3. The van der Waals surface area contributed by atoms with Crippen molar-refractivity contribution in [1.82, 2.24) is 5.32 Å². The van der Waals surface area contributed by atoms with Crippen LogP contribution >= 0.6 is 12.2 Å². The molecule has 0 aliphatic carbocycles. The molecule has 9 heteroatoms. The lowest BCUT2D eigenvalue weighted by atomic mass is 10.1. The largest absolute Gasteiger partial charge is 0.488 e. The van der Waals surface area contributed by atoms with Crippen LogP contribution in [0.15, 0.2) is 72.3 Å². The van der Waals surface area contributed by atoms with Gasteiger partial charge in [-0.3, -0.25) is 14.9 Å². The van der Waals surface area contributed by atoms with Gasteiger partial charge in [0.1, 0.15) is 23.7 Å². The minimum absolute atomic E-state index is 0.0456. The number of benzene rings is 3. The van der Waals surface area contributed by atoms with E-state index < -0.39 is 17.6 Å². The first-order valence-corrected chi connectivity index (χ1v) is 10.7. The Morgan fingerprint density at radius 2 is 1.79 bits per heavy atom. The van der Waals surface area contributed by atoms with E-state index in [1.165, 1.54) is 24.3 Å². The van der Waals surface area contributed by atoms with E-state index in [0.717, 1.165) is 10.5 Å². The number of nitrogens with one attached hydrogen (secondary N) is 1. The number of rotatable bonds is 5. The third-order valence-electron chi connectivity index (χ3n) is 5.25. The second-order valence-corrected chi connectivity index (χ2v) is 7.81. The number of hydrogen-bond acceptors (Lipinski definition) is 6. The van der Waals surface area contributed by atoms with Crippen molar-refractivity contribution in [3.63, 3.8) is 0 Å². The number of thiocarbonyl (C=S) groups is 1. The Morgan fingerprint density at radius 3 is 2.65 bits per heavy atom. The molecule has 1 fully saturated rings. The fourth-order valence-electron chi connectivity index (χ4n) is 3.59. The Kier molecular flexibility index (Phi) is 5.69. The highest BCUT2D eigenvalue weighted by Gasteiger charge is 2.35. The van der Waals surface area contributed by atoms with Gasteiger partial charge in [0.05, 0.1) is 5.69 Å². The summed E-state index contributed by atoms with van der Waals surface area (Å²) in [5.41, 5.74) is 1.11. The first kappa shape index (κ1) is 21.6. The maximum absolute atomic E-state index is 14.4. The number of carbonyl (C=O) groups is 2. The van der Waals surface area contributed by atoms with Gasteiger partial charge in [-0.25, -0.2) is 9.29 Å². The van der Waals surface area contributed by atoms with Crippen molar-refractivity contribution in [1.29, 1.82) is 0 Å². The van der Waals surface area contributed by atoms with Crippen molar-refractivity contribution >= 4 is 40.9 Å². The predicted molar refractivity (Wildman–Crippen MR) is 126 cm³/mol. The molecule has 0 unspecified atom stereocenters. The van der Waals surface area contributed by atoms with E-state index in [0.29, 0.717) is 22.8 Å². The van der Waals surface area contributed by atoms with Crippen LogP contribution in [0.5, 0.6) is 17.2 Å². The molecule has 1 saturated heterocycles. The third-order valence-corrected chi connectivity index (χ3v) is 5.53. The van der Waals surface area contributed by atoms with E-state index in [4.69, 9.17) is 26.4 Å². The highest BCUT2D eigenvalue weighted by molar-refractivity contribution is 7.80. The molecular weight excluding hydrogens is 459 g/mol. The first-order chi connectivity index (χ1) is 16.5. The lowest BCUT2D eigenvalue weighted by Crippen LogP contribution is -2.54. The van der Waals surface area contributed by atoms with E-state index >= 15 is 0 Å². The average molecular weight is 476 g/mol. The van der Waals surface area contributed by atoms with Gasteiger partial charge < -0.3 is 14.2 Å². The van der Waals surface area contributed by atoms with Gasteiger partial charge in [-0.15, -0.1) is 0 Å². The summed E-state index contributed by atoms with van der Waals surface area (Å²) in [7, 11) is 0. The van der Waals surface area contributed by atoms with Crippen LogP contribution in [0.3, 0.4) is 0 Å². The fourth-order valence-corrected chi connectivity index (χ4v) is 3.86. The maximum Gasteiger partial charge on any atom is 0.270 e.